The summed E-state index contributed by atoms with van der Waals surface area (Å²) < 4.78 is 1.86. The SMILES string of the molecule is CC1=C(Nc2cccc(-c3cn(Cc4ccccc4C)nn3)c2)CCC1=O. The highest BCUT2D eigenvalue weighted by atomic mass is 16.1. The third-order valence-electron chi connectivity index (χ3n) is 5.06. The molecule has 27 heavy (non-hydrogen) atoms. The number of ketones is 1. The summed E-state index contributed by atoms with van der Waals surface area (Å²) in [6.07, 6.45) is 3.34. The van der Waals surface area contributed by atoms with Crippen molar-refractivity contribution in [2.24, 2.45) is 0 Å². The molecule has 4 rings (SSSR count). The summed E-state index contributed by atoms with van der Waals surface area (Å²) in [5, 5.41) is 12.0. The molecule has 0 amide bonds. The van der Waals surface area contributed by atoms with E-state index in [1.807, 2.05) is 54.2 Å². The predicted molar refractivity (Wildman–Crippen MR) is 106 cm³/mol. The van der Waals surface area contributed by atoms with Crippen LogP contribution in [-0.4, -0.2) is 20.8 Å². The molecule has 136 valence electrons. The van der Waals surface area contributed by atoms with Crippen LogP contribution in [0.3, 0.4) is 0 Å². The van der Waals surface area contributed by atoms with Gasteiger partial charge in [-0.15, -0.1) is 5.10 Å². The molecule has 0 spiro atoms. The lowest BCUT2D eigenvalue weighted by Gasteiger charge is -2.09. The van der Waals surface area contributed by atoms with Crippen molar-refractivity contribution in [2.45, 2.75) is 33.2 Å². The van der Waals surface area contributed by atoms with E-state index in [4.69, 9.17) is 0 Å². The van der Waals surface area contributed by atoms with Crippen LogP contribution in [0, 0.1) is 6.92 Å². The van der Waals surface area contributed by atoms with Crippen LogP contribution in [0.25, 0.3) is 11.3 Å². The molecule has 1 N–H and O–H groups in total. The van der Waals surface area contributed by atoms with Crippen molar-refractivity contribution in [1.82, 2.24) is 15.0 Å². The lowest BCUT2D eigenvalue weighted by molar-refractivity contribution is -0.114. The fourth-order valence-corrected chi connectivity index (χ4v) is 3.34. The molecule has 0 atom stereocenters. The van der Waals surface area contributed by atoms with Crippen LogP contribution in [0.2, 0.25) is 0 Å². The normalized spacial score (nSPS) is 14.1. The molecule has 0 unspecified atom stereocenters. The molecule has 1 aromatic heterocycles. The van der Waals surface area contributed by atoms with Crippen LogP contribution in [0.15, 0.2) is 66.0 Å². The zero-order chi connectivity index (χ0) is 18.8. The molecule has 1 aliphatic carbocycles. The van der Waals surface area contributed by atoms with Gasteiger partial charge in [0.2, 0.25) is 0 Å². The van der Waals surface area contributed by atoms with E-state index in [-0.39, 0.29) is 5.78 Å². The van der Waals surface area contributed by atoms with E-state index in [9.17, 15) is 4.79 Å². The quantitative estimate of drug-likeness (QED) is 0.736. The van der Waals surface area contributed by atoms with Crippen LogP contribution in [0.4, 0.5) is 5.69 Å². The predicted octanol–water partition coefficient (Wildman–Crippen LogP) is 4.35. The number of Topliss-reactive ketones (excluding diaryl/α,β-unsaturated/α-hetero) is 1. The lowest BCUT2D eigenvalue weighted by Crippen LogP contribution is -2.01. The first-order chi connectivity index (χ1) is 13.1. The summed E-state index contributed by atoms with van der Waals surface area (Å²) in [6.45, 7) is 4.69. The van der Waals surface area contributed by atoms with Gasteiger partial charge in [0.15, 0.2) is 5.78 Å². The summed E-state index contributed by atoms with van der Waals surface area (Å²) >= 11 is 0. The molecule has 3 aromatic rings. The van der Waals surface area contributed by atoms with Gasteiger partial charge in [-0.3, -0.25) is 4.79 Å². The van der Waals surface area contributed by atoms with E-state index < -0.39 is 0 Å². The first-order valence-corrected chi connectivity index (χ1v) is 9.15. The van der Waals surface area contributed by atoms with Gasteiger partial charge in [-0.2, -0.15) is 0 Å². The fraction of sp³-hybridized carbons (Fsp3) is 0.227. The second kappa shape index (κ2) is 7.19. The Labute approximate surface area is 158 Å². The molecule has 0 saturated carbocycles. The molecule has 0 fully saturated rings. The Morgan fingerprint density at radius 3 is 2.70 bits per heavy atom. The van der Waals surface area contributed by atoms with Gasteiger partial charge in [0.25, 0.3) is 0 Å². The molecular formula is C22H22N4O. The van der Waals surface area contributed by atoms with Gasteiger partial charge < -0.3 is 5.32 Å². The van der Waals surface area contributed by atoms with Crippen LogP contribution >= 0.6 is 0 Å². The number of nitrogens with one attached hydrogen (secondary N) is 1. The number of allylic oxidation sites excluding steroid dienone is 2. The summed E-state index contributed by atoms with van der Waals surface area (Å²) in [5.74, 6) is 0.229. The number of hydrogen-bond donors (Lipinski definition) is 1. The Morgan fingerprint density at radius 2 is 1.93 bits per heavy atom. The average molecular weight is 358 g/mol. The zero-order valence-corrected chi connectivity index (χ0v) is 15.6. The van der Waals surface area contributed by atoms with Crippen LogP contribution < -0.4 is 5.32 Å². The molecule has 0 radical (unpaired) electrons. The molecule has 1 aliphatic rings. The standard InChI is InChI=1S/C22H22N4O/c1-15-6-3-4-7-18(15)13-26-14-21(24-25-26)17-8-5-9-19(12-17)23-20-10-11-22(27)16(20)2/h3-9,12,14,23H,10-11,13H2,1-2H3. The van der Waals surface area contributed by atoms with Crippen molar-refractivity contribution < 1.29 is 4.79 Å². The third-order valence-corrected chi connectivity index (χ3v) is 5.06. The van der Waals surface area contributed by atoms with Crippen LogP contribution in [-0.2, 0) is 11.3 Å². The average Bonchev–Trinajstić information content (AvgIpc) is 3.26. The minimum Gasteiger partial charge on any atom is -0.359 e. The monoisotopic (exact) mass is 358 g/mol. The van der Waals surface area contributed by atoms with Crippen molar-refractivity contribution in [2.75, 3.05) is 5.32 Å². The maximum Gasteiger partial charge on any atom is 0.160 e. The highest BCUT2D eigenvalue weighted by molar-refractivity contribution is 5.98. The Bertz CT molecular complexity index is 1030. The fourth-order valence-electron chi connectivity index (χ4n) is 3.34. The van der Waals surface area contributed by atoms with Crippen molar-refractivity contribution in [1.29, 1.82) is 0 Å². The van der Waals surface area contributed by atoms with Crippen molar-refractivity contribution in [3.05, 3.63) is 77.1 Å². The highest BCUT2D eigenvalue weighted by Crippen LogP contribution is 2.27. The molecule has 5 nitrogen and oxygen atoms in total. The number of benzene rings is 2. The summed E-state index contributed by atoms with van der Waals surface area (Å²) in [5.41, 5.74) is 7.13. The van der Waals surface area contributed by atoms with Gasteiger partial charge in [-0.25, -0.2) is 4.68 Å². The van der Waals surface area contributed by atoms with Gasteiger partial charge in [0.1, 0.15) is 5.69 Å². The number of carbonyl (C=O) groups is 1. The summed E-state index contributed by atoms with van der Waals surface area (Å²) in [7, 11) is 0. The zero-order valence-electron chi connectivity index (χ0n) is 15.6. The number of rotatable bonds is 5. The summed E-state index contributed by atoms with van der Waals surface area (Å²) in [4.78, 5) is 11.7. The van der Waals surface area contributed by atoms with E-state index in [0.717, 1.165) is 34.6 Å². The van der Waals surface area contributed by atoms with E-state index in [0.29, 0.717) is 13.0 Å². The Kier molecular flexibility index (Phi) is 4.59. The number of anilines is 1. The molecule has 0 aliphatic heterocycles. The minimum atomic E-state index is 0.229. The smallest absolute Gasteiger partial charge is 0.160 e. The van der Waals surface area contributed by atoms with E-state index >= 15 is 0 Å². The van der Waals surface area contributed by atoms with Gasteiger partial charge in [0, 0.05) is 28.9 Å². The van der Waals surface area contributed by atoms with Crippen LogP contribution in [0.5, 0.6) is 0 Å². The number of aryl methyl sites for hydroxylation is 1. The van der Waals surface area contributed by atoms with Gasteiger partial charge in [-0.05, 0) is 43.5 Å². The number of hydrogen-bond acceptors (Lipinski definition) is 4. The number of aromatic nitrogens is 3. The molecular weight excluding hydrogens is 336 g/mol. The van der Waals surface area contributed by atoms with E-state index in [1.165, 1.54) is 11.1 Å². The van der Waals surface area contributed by atoms with Crippen molar-refractivity contribution in [3.63, 3.8) is 0 Å². The Morgan fingerprint density at radius 1 is 1.07 bits per heavy atom. The number of carbonyl (C=O) groups excluding carboxylic acids is 1. The molecule has 5 heteroatoms. The summed E-state index contributed by atoms with van der Waals surface area (Å²) in [6, 6.07) is 16.4. The third kappa shape index (κ3) is 3.67. The molecule has 1 heterocycles. The first-order valence-electron chi connectivity index (χ1n) is 9.15. The molecule has 0 saturated heterocycles. The Hall–Kier alpha value is -3.21. The van der Waals surface area contributed by atoms with Crippen LogP contribution in [0.1, 0.15) is 30.9 Å². The topological polar surface area (TPSA) is 59.8 Å². The second-order valence-electron chi connectivity index (χ2n) is 6.96. The van der Waals surface area contributed by atoms with E-state index in [2.05, 4.69) is 34.7 Å². The van der Waals surface area contributed by atoms with E-state index in [1.54, 1.807) is 0 Å². The van der Waals surface area contributed by atoms with Crippen molar-refractivity contribution >= 4 is 11.5 Å². The van der Waals surface area contributed by atoms with Crippen molar-refractivity contribution in [3.8, 4) is 11.3 Å². The second-order valence-corrected chi connectivity index (χ2v) is 6.96. The maximum atomic E-state index is 11.7. The first kappa shape index (κ1) is 17.2. The lowest BCUT2D eigenvalue weighted by atomic mass is 10.1. The maximum absolute atomic E-state index is 11.7. The molecule has 0 bridgehead atoms. The Balaban J connectivity index is 1.54. The van der Waals surface area contributed by atoms with Gasteiger partial charge in [0.05, 0.1) is 12.7 Å². The minimum absolute atomic E-state index is 0.229. The number of nitrogens with zero attached hydrogens (tertiary/aromatic N) is 3. The van der Waals surface area contributed by atoms with Gasteiger partial charge >= 0.3 is 0 Å². The van der Waals surface area contributed by atoms with Gasteiger partial charge in [-0.1, -0.05) is 41.6 Å². The highest BCUT2D eigenvalue weighted by Gasteiger charge is 2.19. The largest absolute Gasteiger partial charge is 0.359 e. The molecule has 2 aromatic carbocycles.